The lowest BCUT2D eigenvalue weighted by Crippen LogP contribution is -2.36. The number of nitrogens with zero attached hydrogens (tertiary/aromatic N) is 3. The first-order valence-electron chi connectivity index (χ1n) is 7.70. The minimum atomic E-state index is -3.66. The third-order valence-electron chi connectivity index (χ3n) is 3.60. The predicted octanol–water partition coefficient (Wildman–Crippen LogP) is 0.897. The van der Waals surface area contributed by atoms with Gasteiger partial charge in [0.1, 0.15) is 0 Å². The molecule has 1 atom stereocenters. The van der Waals surface area contributed by atoms with Crippen LogP contribution < -0.4 is 10.0 Å². The second-order valence-electron chi connectivity index (χ2n) is 5.85. The number of sulfonamides is 1. The molecule has 1 aromatic heterocycles. The Kier molecular flexibility index (Phi) is 6.45. The van der Waals surface area contributed by atoms with Crippen molar-refractivity contribution in [2.75, 3.05) is 31.5 Å². The Morgan fingerprint density at radius 2 is 2.22 bits per heavy atom. The molecule has 8 nitrogen and oxygen atoms in total. The summed E-state index contributed by atoms with van der Waals surface area (Å²) < 4.78 is 26.6. The van der Waals surface area contributed by atoms with E-state index >= 15 is 0 Å². The van der Waals surface area contributed by atoms with E-state index in [9.17, 15) is 13.2 Å². The zero-order valence-electron chi connectivity index (χ0n) is 13.4. The maximum absolute atomic E-state index is 12.1. The molecule has 0 saturated carbocycles. The maximum atomic E-state index is 12.1. The molecule has 2 rings (SSSR count). The first-order chi connectivity index (χ1) is 10.9. The number of aromatic nitrogens is 2. The van der Waals surface area contributed by atoms with Crippen LogP contribution in [0.3, 0.4) is 0 Å². The SMILES string of the molecule is CC(=O)Nc1nnc(S(=O)(=O)NCCCN2CCC[C@H](C)C2)s1. The van der Waals surface area contributed by atoms with Crippen molar-refractivity contribution < 1.29 is 13.2 Å². The molecule has 0 unspecified atom stereocenters. The second kappa shape index (κ2) is 8.13. The molecule has 0 radical (unpaired) electrons. The van der Waals surface area contributed by atoms with Gasteiger partial charge in [0.15, 0.2) is 0 Å². The van der Waals surface area contributed by atoms with Crippen molar-refractivity contribution in [1.29, 1.82) is 0 Å². The van der Waals surface area contributed by atoms with Gasteiger partial charge in [0.2, 0.25) is 15.4 Å². The number of nitrogens with one attached hydrogen (secondary N) is 2. The van der Waals surface area contributed by atoms with E-state index in [1.54, 1.807) is 0 Å². The molecule has 0 aliphatic carbocycles. The summed E-state index contributed by atoms with van der Waals surface area (Å²) in [6.07, 6.45) is 3.24. The van der Waals surface area contributed by atoms with Gasteiger partial charge < -0.3 is 10.2 Å². The van der Waals surface area contributed by atoms with Crippen molar-refractivity contribution >= 4 is 32.4 Å². The number of rotatable bonds is 7. The van der Waals surface area contributed by atoms with Crippen molar-refractivity contribution in [2.24, 2.45) is 5.92 Å². The number of anilines is 1. The molecule has 1 aliphatic rings. The van der Waals surface area contributed by atoms with Crippen LogP contribution in [0.4, 0.5) is 5.13 Å². The standard InChI is InChI=1S/C13H23N5O3S2/c1-10-5-3-7-18(9-10)8-4-6-14-23(20,21)13-17-16-12(22-13)15-11(2)19/h10,14H,3-9H2,1-2H3,(H,15,16,19)/t10-/m0/s1. The number of carbonyl (C=O) groups is 1. The summed E-state index contributed by atoms with van der Waals surface area (Å²) in [5, 5.41) is 9.85. The van der Waals surface area contributed by atoms with E-state index in [2.05, 4.69) is 32.1 Å². The van der Waals surface area contributed by atoms with Gasteiger partial charge in [-0.25, -0.2) is 13.1 Å². The van der Waals surface area contributed by atoms with Crippen LogP contribution in [-0.2, 0) is 14.8 Å². The molecule has 0 aromatic carbocycles. The van der Waals surface area contributed by atoms with E-state index in [0.717, 1.165) is 37.4 Å². The average molecular weight is 361 g/mol. The molecule has 1 amide bonds. The van der Waals surface area contributed by atoms with Crippen LogP contribution >= 0.6 is 11.3 Å². The predicted molar refractivity (Wildman–Crippen MR) is 88.9 cm³/mol. The molecule has 0 spiro atoms. The van der Waals surface area contributed by atoms with Crippen LogP contribution in [0.2, 0.25) is 0 Å². The first-order valence-corrected chi connectivity index (χ1v) is 10.00. The molecular weight excluding hydrogens is 338 g/mol. The number of hydrogen-bond donors (Lipinski definition) is 2. The molecule has 2 N–H and O–H groups in total. The van der Waals surface area contributed by atoms with E-state index < -0.39 is 10.0 Å². The van der Waals surface area contributed by atoms with Crippen LogP contribution in [0.1, 0.15) is 33.1 Å². The van der Waals surface area contributed by atoms with Gasteiger partial charge in [-0.1, -0.05) is 18.3 Å². The number of carbonyl (C=O) groups excluding carboxylic acids is 1. The van der Waals surface area contributed by atoms with E-state index in [1.165, 1.54) is 19.8 Å². The lowest BCUT2D eigenvalue weighted by Gasteiger charge is -2.30. The maximum Gasteiger partial charge on any atom is 0.269 e. The molecule has 2 heterocycles. The minimum absolute atomic E-state index is 0.132. The monoisotopic (exact) mass is 361 g/mol. The zero-order valence-corrected chi connectivity index (χ0v) is 15.0. The highest BCUT2D eigenvalue weighted by Gasteiger charge is 2.20. The molecule has 1 aromatic rings. The number of likely N-dealkylation sites (tertiary alicyclic amines) is 1. The summed E-state index contributed by atoms with van der Waals surface area (Å²) >= 11 is 0.840. The molecule has 1 fully saturated rings. The van der Waals surface area contributed by atoms with E-state index in [4.69, 9.17) is 0 Å². The topological polar surface area (TPSA) is 104 Å². The fourth-order valence-corrected chi connectivity index (χ4v) is 4.64. The summed E-state index contributed by atoms with van der Waals surface area (Å²) in [5.41, 5.74) is 0. The van der Waals surface area contributed by atoms with Crippen LogP contribution in [0.25, 0.3) is 0 Å². The fourth-order valence-electron chi connectivity index (χ4n) is 2.58. The van der Waals surface area contributed by atoms with Crippen molar-refractivity contribution in [3.63, 3.8) is 0 Å². The molecule has 1 saturated heterocycles. The summed E-state index contributed by atoms with van der Waals surface area (Å²) in [5.74, 6) is 0.405. The minimum Gasteiger partial charge on any atom is -0.303 e. The van der Waals surface area contributed by atoms with Crippen molar-refractivity contribution in [3.8, 4) is 0 Å². The van der Waals surface area contributed by atoms with Crippen molar-refractivity contribution in [1.82, 2.24) is 19.8 Å². The third kappa shape index (κ3) is 5.79. The van der Waals surface area contributed by atoms with Crippen molar-refractivity contribution in [2.45, 2.75) is 37.4 Å². The van der Waals surface area contributed by atoms with Gasteiger partial charge in [0, 0.05) is 20.0 Å². The Morgan fingerprint density at radius 3 is 2.91 bits per heavy atom. The largest absolute Gasteiger partial charge is 0.303 e. The van der Waals surface area contributed by atoms with E-state index in [0.29, 0.717) is 12.5 Å². The Hall–Kier alpha value is -1.10. The van der Waals surface area contributed by atoms with Crippen molar-refractivity contribution in [3.05, 3.63) is 0 Å². The molecule has 130 valence electrons. The zero-order chi connectivity index (χ0) is 16.9. The Bertz CT molecular complexity index is 631. The first kappa shape index (κ1) is 18.2. The highest BCUT2D eigenvalue weighted by Crippen LogP contribution is 2.19. The number of piperidine rings is 1. The Balaban J connectivity index is 1.77. The van der Waals surface area contributed by atoms with Gasteiger partial charge in [-0.15, -0.1) is 10.2 Å². The van der Waals surface area contributed by atoms with E-state index in [1.807, 2.05) is 0 Å². The average Bonchev–Trinajstić information content (AvgIpc) is 2.92. The lowest BCUT2D eigenvalue weighted by atomic mass is 10.0. The van der Waals surface area contributed by atoms with Gasteiger partial charge in [0.05, 0.1) is 0 Å². The highest BCUT2D eigenvalue weighted by atomic mass is 32.2. The summed E-state index contributed by atoms with van der Waals surface area (Å²) in [7, 11) is -3.66. The summed E-state index contributed by atoms with van der Waals surface area (Å²) in [6, 6.07) is 0. The van der Waals surface area contributed by atoms with Gasteiger partial charge >= 0.3 is 0 Å². The van der Waals surface area contributed by atoms with Gasteiger partial charge in [0.25, 0.3) is 10.0 Å². The van der Waals surface area contributed by atoms with Crippen LogP contribution in [0.5, 0.6) is 0 Å². The van der Waals surface area contributed by atoms with Gasteiger partial charge in [-0.05, 0) is 38.3 Å². The van der Waals surface area contributed by atoms with E-state index in [-0.39, 0.29) is 15.4 Å². The summed E-state index contributed by atoms with van der Waals surface area (Å²) in [4.78, 5) is 13.3. The number of hydrogen-bond acceptors (Lipinski definition) is 7. The smallest absolute Gasteiger partial charge is 0.269 e. The van der Waals surface area contributed by atoms with Gasteiger partial charge in [-0.3, -0.25) is 4.79 Å². The highest BCUT2D eigenvalue weighted by molar-refractivity contribution is 7.91. The normalized spacial score (nSPS) is 19.7. The molecule has 23 heavy (non-hydrogen) atoms. The molecule has 10 heteroatoms. The molecular formula is C13H23N5O3S2. The lowest BCUT2D eigenvalue weighted by molar-refractivity contribution is -0.114. The second-order valence-corrected chi connectivity index (χ2v) is 8.77. The van der Waals surface area contributed by atoms with Crippen LogP contribution in [0, 0.1) is 5.92 Å². The molecule has 1 aliphatic heterocycles. The van der Waals surface area contributed by atoms with Crippen LogP contribution in [0.15, 0.2) is 4.34 Å². The fraction of sp³-hybridized carbons (Fsp3) is 0.769. The van der Waals surface area contributed by atoms with Gasteiger partial charge in [-0.2, -0.15) is 0 Å². The quantitative estimate of drug-likeness (QED) is 0.552. The van der Waals surface area contributed by atoms with Crippen LogP contribution in [-0.4, -0.2) is 55.6 Å². The Morgan fingerprint density at radius 1 is 1.43 bits per heavy atom. The summed E-state index contributed by atoms with van der Waals surface area (Å²) in [6.45, 7) is 7.01. The molecule has 0 bridgehead atoms. The number of amides is 1. The third-order valence-corrected chi connectivity index (χ3v) is 6.27. The Labute approximate surface area is 140 Å².